The van der Waals surface area contributed by atoms with Crippen LogP contribution >= 0.6 is 11.6 Å². The lowest BCUT2D eigenvalue weighted by atomic mass is 9.88. The molecule has 94 valence electrons. The van der Waals surface area contributed by atoms with E-state index in [9.17, 15) is 5.11 Å². The van der Waals surface area contributed by atoms with Crippen molar-refractivity contribution in [3.05, 3.63) is 29.1 Å². The molecule has 0 aliphatic heterocycles. The minimum absolute atomic E-state index is 0.214. The summed E-state index contributed by atoms with van der Waals surface area (Å²) in [5.74, 6) is 0.256. The molecule has 0 aromatic carbocycles. The van der Waals surface area contributed by atoms with E-state index < -0.39 is 6.10 Å². The average Bonchev–Trinajstić information content (AvgIpc) is 2.71. The fourth-order valence-electron chi connectivity index (χ4n) is 2.37. The van der Waals surface area contributed by atoms with Gasteiger partial charge in [-0.15, -0.1) is 0 Å². The third-order valence-corrected chi connectivity index (χ3v) is 3.60. The van der Waals surface area contributed by atoms with Crippen molar-refractivity contribution < 1.29 is 5.11 Å². The second kappa shape index (κ2) is 5.23. The third-order valence-electron chi connectivity index (χ3n) is 3.31. The van der Waals surface area contributed by atoms with Gasteiger partial charge in [0, 0.05) is 6.04 Å². The maximum Gasteiger partial charge on any atom is 0.100 e. The molecule has 17 heavy (non-hydrogen) atoms. The van der Waals surface area contributed by atoms with Gasteiger partial charge >= 0.3 is 0 Å². The quantitative estimate of drug-likeness (QED) is 0.839. The van der Waals surface area contributed by atoms with E-state index in [1.54, 1.807) is 6.20 Å². The van der Waals surface area contributed by atoms with Gasteiger partial charge in [0.2, 0.25) is 0 Å². The van der Waals surface area contributed by atoms with Crippen LogP contribution in [-0.2, 0) is 0 Å². The highest BCUT2D eigenvalue weighted by molar-refractivity contribution is 6.31. The van der Waals surface area contributed by atoms with Crippen LogP contribution in [-0.4, -0.2) is 14.9 Å². The summed E-state index contributed by atoms with van der Waals surface area (Å²) in [6.45, 7) is 4.08. The Morgan fingerprint density at radius 3 is 2.82 bits per heavy atom. The van der Waals surface area contributed by atoms with Crippen molar-refractivity contribution >= 4 is 11.6 Å². The molecule has 2 atom stereocenters. The maximum absolute atomic E-state index is 10.5. The first-order chi connectivity index (χ1) is 8.11. The summed E-state index contributed by atoms with van der Waals surface area (Å²) in [5.41, 5.74) is 0.766. The van der Waals surface area contributed by atoms with Crippen molar-refractivity contribution in [2.75, 3.05) is 0 Å². The topological polar surface area (TPSA) is 38.0 Å². The van der Waals surface area contributed by atoms with E-state index in [0.717, 1.165) is 25.0 Å². The molecule has 0 saturated heterocycles. The van der Waals surface area contributed by atoms with Crippen LogP contribution in [0, 0.1) is 5.92 Å². The minimum atomic E-state index is -0.516. The number of nitrogens with zero attached hydrogens (tertiary/aromatic N) is 2. The second-order valence-electron chi connectivity index (χ2n) is 4.91. The molecule has 0 spiro atoms. The van der Waals surface area contributed by atoms with E-state index >= 15 is 0 Å². The molecule has 0 radical (unpaired) electrons. The summed E-state index contributed by atoms with van der Waals surface area (Å²) < 4.78 is 1.82. The number of aliphatic hydroxyl groups is 1. The van der Waals surface area contributed by atoms with Crippen molar-refractivity contribution in [1.82, 2.24) is 9.78 Å². The van der Waals surface area contributed by atoms with Gasteiger partial charge in [0.15, 0.2) is 0 Å². The molecule has 1 aliphatic rings. The van der Waals surface area contributed by atoms with Crippen molar-refractivity contribution in [2.24, 2.45) is 5.92 Å². The number of aromatic nitrogens is 2. The minimum Gasteiger partial charge on any atom is -0.386 e. The third kappa shape index (κ3) is 2.55. The molecular weight excluding hydrogens is 236 g/mol. The van der Waals surface area contributed by atoms with Crippen LogP contribution < -0.4 is 0 Å². The Hall–Kier alpha value is -0.800. The predicted octanol–water partition coefficient (Wildman–Crippen LogP) is 3.51. The van der Waals surface area contributed by atoms with E-state index in [0.29, 0.717) is 5.02 Å². The largest absolute Gasteiger partial charge is 0.386 e. The van der Waals surface area contributed by atoms with Crippen LogP contribution in [0.3, 0.4) is 0 Å². The summed E-state index contributed by atoms with van der Waals surface area (Å²) in [6.07, 6.45) is 8.38. The lowest BCUT2D eigenvalue weighted by molar-refractivity contribution is 0.0922. The molecule has 2 unspecified atom stereocenters. The monoisotopic (exact) mass is 254 g/mol. The molecule has 1 aromatic heterocycles. The molecule has 1 aromatic rings. The first-order valence-electron chi connectivity index (χ1n) is 6.17. The Labute approximate surface area is 107 Å². The van der Waals surface area contributed by atoms with Gasteiger partial charge in [0.05, 0.1) is 16.9 Å². The zero-order chi connectivity index (χ0) is 12.4. The molecule has 2 rings (SSSR count). The van der Waals surface area contributed by atoms with Crippen molar-refractivity contribution in [1.29, 1.82) is 0 Å². The lowest BCUT2D eigenvalue weighted by Crippen LogP contribution is -2.19. The standard InChI is InChI=1S/C13H19ClN2O/c1-9(2)16-12(11(14)8-15-16)13(17)10-6-4-3-5-7-10/h3-4,8-10,13,17H,5-7H2,1-2H3. The van der Waals surface area contributed by atoms with Crippen LogP contribution in [0.5, 0.6) is 0 Å². The number of rotatable bonds is 3. The molecule has 4 heteroatoms. The van der Waals surface area contributed by atoms with Crippen LogP contribution in [0.25, 0.3) is 0 Å². The van der Waals surface area contributed by atoms with E-state index in [2.05, 4.69) is 17.3 Å². The number of hydrogen-bond acceptors (Lipinski definition) is 2. The summed E-state index contributed by atoms with van der Waals surface area (Å²) in [5, 5.41) is 15.3. The van der Waals surface area contributed by atoms with Gasteiger partial charge in [-0.1, -0.05) is 23.8 Å². The van der Waals surface area contributed by atoms with Crippen LogP contribution in [0.15, 0.2) is 18.3 Å². The molecule has 3 nitrogen and oxygen atoms in total. The lowest BCUT2D eigenvalue weighted by Gasteiger charge is -2.25. The fourth-order valence-corrected chi connectivity index (χ4v) is 2.61. The highest BCUT2D eigenvalue weighted by Gasteiger charge is 2.27. The number of aliphatic hydroxyl groups excluding tert-OH is 1. The molecule has 1 heterocycles. The van der Waals surface area contributed by atoms with E-state index in [4.69, 9.17) is 11.6 Å². The highest BCUT2D eigenvalue weighted by atomic mass is 35.5. The molecule has 0 fully saturated rings. The number of hydrogen-bond donors (Lipinski definition) is 1. The molecule has 0 amide bonds. The van der Waals surface area contributed by atoms with Gasteiger partial charge in [-0.2, -0.15) is 5.10 Å². The normalized spacial score (nSPS) is 22.1. The Morgan fingerprint density at radius 1 is 1.47 bits per heavy atom. The molecule has 1 aliphatic carbocycles. The number of allylic oxidation sites excluding steroid dienone is 2. The Bertz CT molecular complexity index is 412. The first kappa shape index (κ1) is 12.7. The van der Waals surface area contributed by atoms with E-state index in [-0.39, 0.29) is 12.0 Å². The zero-order valence-electron chi connectivity index (χ0n) is 10.3. The van der Waals surface area contributed by atoms with Gasteiger partial charge in [-0.3, -0.25) is 4.68 Å². The molecule has 0 bridgehead atoms. The molecule has 1 N–H and O–H groups in total. The number of halogens is 1. The van der Waals surface area contributed by atoms with Gasteiger partial charge in [0.1, 0.15) is 6.10 Å². The van der Waals surface area contributed by atoms with E-state index in [1.165, 1.54) is 0 Å². The molecule has 0 saturated carbocycles. The van der Waals surface area contributed by atoms with Gasteiger partial charge in [-0.25, -0.2) is 0 Å². The fraction of sp³-hybridized carbons (Fsp3) is 0.615. The summed E-state index contributed by atoms with van der Waals surface area (Å²) in [4.78, 5) is 0. The first-order valence-corrected chi connectivity index (χ1v) is 6.55. The Balaban J connectivity index is 2.26. The van der Waals surface area contributed by atoms with Crippen LogP contribution in [0.1, 0.15) is 50.9 Å². The van der Waals surface area contributed by atoms with Crippen molar-refractivity contribution in [3.8, 4) is 0 Å². The van der Waals surface area contributed by atoms with Crippen LogP contribution in [0.4, 0.5) is 0 Å². The van der Waals surface area contributed by atoms with Crippen molar-refractivity contribution in [3.63, 3.8) is 0 Å². The summed E-state index contributed by atoms with van der Waals surface area (Å²) in [7, 11) is 0. The average molecular weight is 255 g/mol. The maximum atomic E-state index is 10.5. The van der Waals surface area contributed by atoms with Gasteiger partial charge < -0.3 is 5.11 Å². The highest BCUT2D eigenvalue weighted by Crippen LogP contribution is 2.35. The van der Waals surface area contributed by atoms with Gasteiger partial charge in [-0.05, 0) is 39.0 Å². The summed E-state index contributed by atoms with van der Waals surface area (Å²) in [6, 6.07) is 0.214. The van der Waals surface area contributed by atoms with Crippen molar-refractivity contribution in [2.45, 2.75) is 45.3 Å². The van der Waals surface area contributed by atoms with Crippen LogP contribution in [0.2, 0.25) is 5.02 Å². The Morgan fingerprint density at radius 2 is 2.24 bits per heavy atom. The van der Waals surface area contributed by atoms with Gasteiger partial charge in [0.25, 0.3) is 0 Å². The molecular formula is C13H19ClN2O. The Kier molecular flexibility index (Phi) is 3.89. The second-order valence-corrected chi connectivity index (χ2v) is 5.31. The van der Waals surface area contributed by atoms with E-state index in [1.807, 2.05) is 18.5 Å². The predicted molar refractivity (Wildman–Crippen MR) is 69.1 cm³/mol. The smallest absolute Gasteiger partial charge is 0.100 e. The SMILES string of the molecule is CC(C)n1ncc(Cl)c1C(O)C1CC=CCC1. The summed E-state index contributed by atoms with van der Waals surface area (Å²) >= 11 is 6.14. The zero-order valence-corrected chi connectivity index (χ0v) is 11.1.